The number of nitrogens with zero attached hydrogens (tertiary/aromatic N) is 3. The molecule has 6 nitrogen and oxygen atoms in total. The predicted molar refractivity (Wildman–Crippen MR) is 126 cm³/mol. The molecule has 8 heteroatoms. The van der Waals surface area contributed by atoms with E-state index in [-0.39, 0.29) is 11.5 Å². The molecule has 0 atom stereocenters. The molecule has 4 rings (SSSR count). The Morgan fingerprint density at radius 1 is 0.938 bits per heavy atom. The van der Waals surface area contributed by atoms with E-state index < -0.39 is 0 Å². The molecule has 1 heterocycles. The van der Waals surface area contributed by atoms with Gasteiger partial charge in [-0.05, 0) is 60.7 Å². The Kier molecular flexibility index (Phi) is 6.78. The Bertz CT molecular complexity index is 1220. The molecular weight excluding hydrogens is 446 g/mol. The van der Waals surface area contributed by atoms with Crippen LogP contribution in [-0.2, 0) is 0 Å². The molecular formula is C24H20ClN3O3S. The van der Waals surface area contributed by atoms with Crippen LogP contribution in [0.15, 0.2) is 78.0 Å². The van der Waals surface area contributed by atoms with Crippen molar-refractivity contribution in [1.29, 1.82) is 0 Å². The van der Waals surface area contributed by atoms with Crippen molar-refractivity contribution in [3.05, 3.63) is 83.4 Å². The summed E-state index contributed by atoms with van der Waals surface area (Å²) in [5.41, 5.74) is 2.31. The van der Waals surface area contributed by atoms with Crippen LogP contribution in [0.1, 0.15) is 10.4 Å². The van der Waals surface area contributed by atoms with Gasteiger partial charge in [-0.2, -0.15) is 0 Å². The summed E-state index contributed by atoms with van der Waals surface area (Å²) in [4.78, 5) is 12.8. The number of rotatable bonds is 8. The van der Waals surface area contributed by atoms with E-state index in [1.54, 1.807) is 32.4 Å². The lowest BCUT2D eigenvalue weighted by atomic mass is 10.1. The molecule has 1 aromatic heterocycles. The summed E-state index contributed by atoms with van der Waals surface area (Å²) >= 11 is 7.41. The van der Waals surface area contributed by atoms with Crippen molar-refractivity contribution < 1.29 is 14.3 Å². The van der Waals surface area contributed by atoms with Crippen molar-refractivity contribution in [3.63, 3.8) is 0 Å². The van der Waals surface area contributed by atoms with Gasteiger partial charge in [0.15, 0.2) is 16.8 Å². The minimum atomic E-state index is -0.0226. The van der Waals surface area contributed by atoms with Crippen molar-refractivity contribution in [1.82, 2.24) is 14.8 Å². The van der Waals surface area contributed by atoms with E-state index in [4.69, 9.17) is 21.1 Å². The van der Waals surface area contributed by atoms with E-state index in [0.29, 0.717) is 27.3 Å². The monoisotopic (exact) mass is 465 g/mol. The van der Waals surface area contributed by atoms with Crippen LogP contribution < -0.4 is 9.47 Å². The third-order valence-electron chi connectivity index (χ3n) is 4.79. The highest BCUT2D eigenvalue weighted by Crippen LogP contribution is 2.30. The SMILES string of the molecule is COc1ccc(-c2nnc(SCC(=O)c3cccc(OC)c3)n2-c2ccc(Cl)cc2)cc1. The number of hydrogen-bond acceptors (Lipinski definition) is 6. The van der Waals surface area contributed by atoms with Crippen LogP contribution in [0, 0.1) is 0 Å². The standard InChI is InChI=1S/C24H20ClN3O3S/c1-30-20-12-6-16(7-13-20)23-26-27-24(28(23)19-10-8-18(25)9-11-19)32-15-22(29)17-4-3-5-21(14-17)31-2/h3-14H,15H2,1-2H3. The molecule has 0 amide bonds. The number of thioether (sulfide) groups is 1. The predicted octanol–water partition coefficient (Wildman–Crippen LogP) is 5.58. The second-order valence-electron chi connectivity index (χ2n) is 6.79. The van der Waals surface area contributed by atoms with Crippen LogP contribution in [-0.4, -0.2) is 40.5 Å². The number of ketones is 1. The number of ether oxygens (including phenoxy) is 2. The maximum Gasteiger partial charge on any atom is 0.196 e. The van der Waals surface area contributed by atoms with Gasteiger partial charge in [-0.15, -0.1) is 10.2 Å². The largest absolute Gasteiger partial charge is 0.497 e. The summed E-state index contributed by atoms with van der Waals surface area (Å²) < 4.78 is 12.4. The van der Waals surface area contributed by atoms with Crippen molar-refractivity contribution >= 4 is 29.1 Å². The molecule has 0 unspecified atom stereocenters. The molecule has 0 radical (unpaired) electrons. The third kappa shape index (κ3) is 4.79. The Labute approximate surface area is 195 Å². The number of carbonyl (C=O) groups is 1. The number of carbonyl (C=O) groups excluding carboxylic acids is 1. The summed E-state index contributed by atoms with van der Waals surface area (Å²) in [5.74, 6) is 2.25. The first-order chi connectivity index (χ1) is 15.6. The van der Waals surface area contributed by atoms with E-state index >= 15 is 0 Å². The van der Waals surface area contributed by atoms with Crippen LogP contribution in [0.4, 0.5) is 0 Å². The highest BCUT2D eigenvalue weighted by Gasteiger charge is 2.18. The summed E-state index contributed by atoms with van der Waals surface area (Å²) in [6.45, 7) is 0. The topological polar surface area (TPSA) is 66.2 Å². The third-order valence-corrected chi connectivity index (χ3v) is 5.97. The maximum atomic E-state index is 12.8. The fourth-order valence-electron chi connectivity index (χ4n) is 3.12. The lowest BCUT2D eigenvalue weighted by Gasteiger charge is -2.11. The summed E-state index contributed by atoms with van der Waals surface area (Å²) in [6.07, 6.45) is 0. The van der Waals surface area contributed by atoms with Crippen LogP contribution in [0.5, 0.6) is 11.5 Å². The van der Waals surface area contributed by atoms with E-state index in [0.717, 1.165) is 17.0 Å². The lowest BCUT2D eigenvalue weighted by molar-refractivity contribution is 0.102. The summed E-state index contributed by atoms with van der Waals surface area (Å²) in [7, 11) is 3.20. The summed E-state index contributed by atoms with van der Waals surface area (Å²) in [6, 6.07) is 22.1. The zero-order valence-corrected chi connectivity index (χ0v) is 19.1. The molecule has 0 aliphatic rings. The normalized spacial score (nSPS) is 10.7. The van der Waals surface area contributed by atoms with Crippen LogP contribution in [0.25, 0.3) is 17.1 Å². The maximum absolute atomic E-state index is 12.8. The number of methoxy groups -OCH3 is 2. The van der Waals surface area contributed by atoms with E-state index in [1.807, 2.05) is 59.2 Å². The molecule has 3 aromatic carbocycles. The van der Waals surface area contributed by atoms with Gasteiger partial charge in [-0.1, -0.05) is 35.5 Å². The average Bonchev–Trinajstić information content (AvgIpc) is 3.27. The molecule has 4 aromatic rings. The Morgan fingerprint density at radius 3 is 2.34 bits per heavy atom. The molecule has 0 bridgehead atoms. The molecule has 0 N–H and O–H groups in total. The number of aromatic nitrogens is 3. The van der Waals surface area contributed by atoms with Gasteiger partial charge < -0.3 is 9.47 Å². The fraction of sp³-hybridized carbons (Fsp3) is 0.125. The number of Topliss-reactive ketones (excluding diaryl/α,β-unsaturated/α-hetero) is 1. The molecule has 0 saturated carbocycles. The first-order valence-corrected chi connectivity index (χ1v) is 11.1. The van der Waals surface area contributed by atoms with Crippen LogP contribution >= 0.6 is 23.4 Å². The Hall–Kier alpha value is -3.29. The van der Waals surface area contributed by atoms with Crippen molar-refractivity contribution in [2.45, 2.75) is 5.16 Å². The van der Waals surface area contributed by atoms with Crippen LogP contribution in [0.3, 0.4) is 0 Å². The van der Waals surface area contributed by atoms with Gasteiger partial charge in [0.2, 0.25) is 0 Å². The van der Waals surface area contributed by atoms with Crippen molar-refractivity contribution in [3.8, 4) is 28.6 Å². The second-order valence-corrected chi connectivity index (χ2v) is 8.17. The Morgan fingerprint density at radius 2 is 1.66 bits per heavy atom. The van der Waals surface area contributed by atoms with E-state index in [1.165, 1.54) is 11.8 Å². The minimum absolute atomic E-state index is 0.0226. The van der Waals surface area contributed by atoms with Gasteiger partial charge in [0, 0.05) is 21.8 Å². The van der Waals surface area contributed by atoms with E-state index in [9.17, 15) is 4.79 Å². The first kappa shape index (κ1) is 21.9. The van der Waals surface area contributed by atoms with Gasteiger partial charge in [0.05, 0.1) is 20.0 Å². The van der Waals surface area contributed by atoms with E-state index in [2.05, 4.69) is 10.2 Å². The van der Waals surface area contributed by atoms with Gasteiger partial charge in [0.25, 0.3) is 0 Å². The highest BCUT2D eigenvalue weighted by atomic mass is 35.5. The van der Waals surface area contributed by atoms with Gasteiger partial charge in [0.1, 0.15) is 11.5 Å². The van der Waals surface area contributed by atoms with Crippen molar-refractivity contribution in [2.75, 3.05) is 20.0 Å². The van der Waals surface area contributed by atoms with Gasteiger partial charge in [-0.3, -0.25) is 9.36 Å². The molecule has 0 aliphatic carbocycles. The molecule has 0 saturated heterocycles. The molecule has 0 fully saturated rings. The number of benzene rings is 3. The fourth-order valence-corrected chi connectivity index (χ4v) is 4.10. The Balaban J connectivity index is 1.66. The zero-order chi connectivity index (χ0) is 22.5. The zero-order valence-electron chi connectivity index (χ0n) is 17.5. The van der Waals surface area contributed by atoms with Gasteiger partial charge >= 0.3 is 0 Å². The molecule has 0 aliphatic heterocycles. The average molecular weight is 466 g/mol. The second kappa shape index (κ2) is 9.89. The molecule has 0 spiro atoms. The molecule has 32 heavy (non-hydrogen) atoms. The van der Waals surface area contributed by atoms with Crippen LogP contribution in [0.2, 0.25) is 5.02 Å². The first-order valence-electron chi connectivity index (χ1n) is 9.75. The lowest BCUT2D eigenvalue weighted by Crippen LogP contribution is -2.05. The molecule has 162 valence electrons. The summed E-state index contributed by atoms with van der Waals surface area (Å²) in [5, 5.41) is 10.0. The minimum Gasteiger partial charge on any atom is -0.497 e. The van der Waals surface area contributed by atoms with Crippen molar-refractivity contribution in [2.24, 2.45) is 0 Å². The number of hydrogen-bond donors (Lipinski definition) is 0. The quantitative estimate of drug-likeness (QED) is 0.250. The smallest absolute Gasteiger partial charge is 0.196 e. The highest BCUT2D eigenvalue weighted by molar-refractivity contribution is 7.99. The number of halogens is 1. The van der Waals surface area contributed by atoms with Gasteiger partial charge in [-0.25, -0.2) is 0 Å².